The van der Waals surface area contributed by atoms with Crippen LogP contribution in [0.15, 0.2) is 34.7 Å². The van der Waals surface area contributed by atoms with Gasteiger partial charge in [-0.15, -0.1) is 0 Å². The van der Waals surface area contributed by atoms with Crippen LogP contribution in [0.2, 0.25) is 0 Å². The Hall–Kier alpha value is -2.80. The summed E-state index contributed by atoms with van der Waals surface area (Å²) in [6.07, 6.45) is 2.23. The highest BCUT2D eigenvalue weighted by molar-refractivity contribution is 5.56. The first-order valence-corrected chi connectivity index (χ1v) is 7.89. The number of nitrogens with zero attached hydrogens (tertiary/aromatic N) is 3. The quantitative estimate of drug-likeness (QED) is 0.794. The summed E-state index contributed by atoms with van der Waals surface area (Å²) in [6.45, 7) is 0.0853. The number of aromatic nitrogens is 3. The smallest absolute Gasteiger partial charge is 0.231 e. The first kappa shape index (κ1) is 13.6. The maximum absolute atomic E-state index is 9.23. The number of hydrogen-bond acceptors (Lipinski definition) is 6. The van der Waals surface area contributed by atoms with E-state index in [9.17, 15) is 5.11 Å². The zero-order chi connectivity index (χ0) is 16.1. The van der Waals surface area contributed by atoms with E-state index >= 15 is 0 Å². The van der Waals surface area contributed by atoms with Crippen LogP contribution in [0.3, 0.4) is 0 Å². The number of furan rings is 1. The summed E-state index contributed by atoms with van der Waals surface area (Å²) in [6, 6.07) is 9.20. The molecular formula is C17H15N3O4. The number of benzene rings is 1. The number of fused-ring (bicyclic) bond motifs is 1. The summed E-state index contributed by atoms with van der Waals surface area (Å²) in [7, 11) is 0. The van der Waals surface area contributed by atoms with Crippen LogP contribution in [-0.4, -0.2) is 26.7 Å². The summed E-state index contributed by atoms with van der Waals surface area (Å²) < 4.78 is 18.2. The molecule has 1 aliphatic carbocycles. The minimum atomic E-state index is -0.145. The maximum atomic E-state index is 9.23. The Kier molecular flexibility index (Phi) is 2.90. The van der Waals surface area contributed by atoms with Crippen molar-refractivity contribution in [2.75, 3.05) is 6.79 Å². The van der Waals surface area contributed by atoms with Gasteiger partial charge in [-0.3, -0.25) is 0 Å². The zero-order valence-electron chi connectivity index (χ0n) is 12.8. The van der Waals surface area contributed by atoms with E-state index in [2.05, 4.69) is 10.1 Å². The molecule has 122 valence electrons. The SMILES string of the molecule is OCc1ccc(-c2nc(C3CC3)nn2-c2ccc3c(c2)OCO3)o1. The first-order chi connectivity index (χ1) is 11.8. The van der Waals surface area contributed by atoms with Crippen molar-refractivity contribution < 1.29 is 19.0 Å². The molecule has 7 heteroatoms. The lowest BCUT2D eigenvalue weighted by Gasteiger charge is -2.05. The van der Waals surface area contributed by atoms with Gasteiger partial charge in [0, 0.05) is 12.0 Å². The molecule has 0 bridgehead atoms. The highest BCUT2D eigenvalue weighted by Crippen LogP contribution is 2.40. The molecular weight excluding hydrogens is 310 g/mol. The standard InChI is InChI=1S/C17H15N3O4/c21-8-12-4-6-14(24-12)17-18-16(10-1-2-10)19-20(17)11-3-5-13-15(7-11)23-9-22-13/h3-7,10,21H,1-2,8-9H2. The summed E-state index contributed by atoms with van der Waals surface area (Å²) in [4.78, 5) is 4.66. The third kappa shape index (κ3) is 2.16. The average molecular weight is 325 g/mol. The average Bonchev–Trinajstić information content (AvgIpc) is 3.05. The molecule has 0 saturated heterocycles. The van der Waals surface area contributed by atoms with Crippen molar-refractivity contribution in [3.8, 4) is 28.8 Å². The monoisotopic (exact) mass is 325 g/mol. The minimum absolute atomic E-state index is 0.145. The number of aliphatic hydroxyl groups is 1. The largest absolute Gasteiger partial charge is 0.455 e. The zero-order valence-corrected chi connectivity index (χ0v) is 12.8. The Bertz CT molecular complexity index is 910. The summed E-state index contributed by atoms with van der Waals surface area (Å²) in [5, 5.41) is 13.9. The van der Waals surface area contributed by atoms with E-state index in [-0.39, 0.29) is 13.4 Å². The Morgan fingerprint density at radius 3 is 2.79 bits per heavy atom. The first-order valence-electron chi connectivity index (χ1n) is 7.89. The Labute approximate surface area is 137 Å². The van der Waals surface area contributed by atoms with Crippen LogP contribution in [0, 0.1) is 0 Å². The van der Waals surface area contributed by atoms with E-state index in [4.69, 9.17) is 13.9 Å². The molecule has 0 radical (unpaired) electrons. The van der Waals surface area contributed by atoms with Crippen LogP contribution in [-0.2, 0) is 6.61 Å². The van der Waals surface area contributed by atoms with Gasteiger partial charge >= 0.3 is 0 Å². The molecule has 7 nitrogen and oxygen atoms in total. The molecule has 1 aliphatic heterocycles. The molecule has 0 amide bonds. The minimum Gasteiger partial charge on any atom is -0.455 e. The highest BCUT2D eigenvalue weighted by atomic mass is 16.7. The lowest BCUT2D eigenvalue weighted by atomic mass is 10.2. The molecule has 2 aromatic heterocycles. The normalized spacial score (nSPS) is 15.9. The van der Waals surface area contributed by atoms with Crippen molar-refractivity contribution in [2.24, 2.45) is 0 Å². The van der Waals surface area contributed by atoms with E-state index in [0.29, 0.717) is 29.0 Å². The van der Waals surface area contributed by atoms with Crippen LogP contribution in [0.4, 0.5) is 0 Å². The summed E-state index contributed by atoms with van der Waals surface area (Å²) >= 11 is 0. The van der Waals surface area contributed by atoms with Crippen molar-refractivity contribution in [1.29, 1.82) is 0 Å². The van der Waals surface area contributed by atoms with E-state index in [1.54, 1.807) is 16.8 Å². The summed E-state index contributed by atoms with van der Waals surface area (Å²) in [5.74, 6) is 4.36. The van der Waals surface area contributed by atoms with Gasteiger partial charge in [-0.05, 0) is 37.1 Å². The van der Waals surface area contributed by atoms with Crippen LogP contribution < -0.4 is 9.47 Å². The van der Waals surface area contributed by atoms with Gasteiger partial charge in [0.15, 0.2) is 28.9 Å². The lowest BCUT2D eigenvalue weighted by Crippen LogP contribution is -1.99. The number of aliphatic hydroxyl groups excluding tert-OH is 1. The number of ether oxygens (including phenoxy) is 2. The van der Waals surface area contributed by atoms with Crippen LogP contribution in [0.1, 0.15) is 30.3 Å². The lowest BCUT2D eigenvalue weighted by molar-refractivity contribution is 0.174. The van der Waals surface area contributed by atoms with Gasteiger partial charge in [0.25, 0.3) is 0 Å². The van der Waals surface area contributed by atoms with Gasteiger partial charge in [-0.2, -0.15) is 5.10 Å². The molecule has 3 heterocycles. The molecule has 0 spiro atoms. The van der Waals surface area contributed by atoms with E-state index in [1.807, 2.05) is 18.2 Å². The predicted molar refractivity (Wildman–Crippen MR) is 83.1 cm³/mol. The van der Waals surface area contributed by atoms with Gasteiger partial charge in [-0.1, -0.05) is 0 Å². The molecule has 1 aromatic carbocycles. The fraction of sp³-hybridized carbons (Fsp3) is 0.294. The molecule has 1 saturated carbocycles. The van der Waals surface area contributed by atoms with Crippen LogP contribution >= 0.6 is 0 Å². The fourth-order valence-electron chi connectivity index (χ4n) is 2.78. The Morgan fingerprint density at radius 2 is 2.00 bits per heavy atom. The van der Waals surface area contributed by atoms with Crippen molar-refractivity contribution >= 4 is 0 Å². The second kappa shape index (κ2) is 5.10. The third-order valence-electron chi connectivity index (χ3n) is 4.20. The second-order valence-corrected chi connectivity index (χ2v) is 5.94. The molecule has 1 N–H and O–H groups in total. The van der Waals surface area contributed by atoms with Gasteiger partial charge in [0.05, 0.1) is 5.69 Å². The molecule has 5 rings (SSSR count). The molecule has 3 aromatic rings. The van der Waals surface area contributed by atoms with Gasteiger partial charge in [-0.25, -0.2) is 9.67 Å². The predicted octanol–water partition coefficient (Wildman–Crippen LogP) is 2.63. The van der Waals surface area contributed by atoms with Gasteiger partial charge < -0.3 is 19.0 Å². The molecule has 0 unspecified atom stereocenters. The maximum Gasteiger partial charge on any atom is 0.231 e. The van der Waals surface area contributed by atoms with Crippen molar-refractivity contribution in [1.82, 2.24) is 14.8 Å². The van der Waals surface area contributed by atoms with Crippen molar-refractivity contribution in [2.45, 2.75) is 25.4 Å². The number of rotatable bonds is 4. The fourth-order valence-corrected chi connectivity index (χ4v) is 2.78. The second-order valence-electron chi connectivity index (χ2n) is 5.94. The van der Waals surface area contributed by atoms with Gasteiger partial charge in [0.1, 0.15) is 12.4 Å². The topological polar surface area (TPSA) is 82.5 Å². The Balaban J connectivity index is 1.63. The summed E-state index contributed by atoms with van der Waals surface area (Å²) in [5.41, 5.74) is 0.829. The third-order valence-corrected chi connectivity index (χ3v) is 4.20. The van der Waals surface area contributed by atoms with Crippen molar-refractivity contribution in [3.63, 3.8) is 0 Å². The van der Waals surface area contributed by atoms with E-state index < -0.39 is 0 Å². The molecule has 2 aliphatic rings. The van der Waals surface area contributed by atoms with E-state index in [1.165, 1.54) is 0 Å². The van der Waals surface area contributed by atoms with E-state index in [0.717, 1.165) is 30.1 Å². The van der Waals surface area contributed by atoms with Gasteiger partial charge in [0.2, 0.25) is 6.79 Å². The van der Waals surface area contributed by atoms with Crippen molar-refractivity contribution in [3.05, 3.63) is 41.9 Å². The highest BCUT2D eigenvalue weighted by Gasteiger charge is 2.30. The molecule has 0 atom stereocenters. The van der Waals surface area contributed by atoms with Crippen LogP contribution in [0.5, 0.6) is 11.5 Å². The number of hydrogen-bond donors (Lipinski definition) is 1. The molecule has 1 fully saturated rings. The molecule has 24 heavy (non-hydrogen) atoms. The Morgan fingerprint density at radius 1 is 1.12 bits per heavy atom. The van der Waals surface area contributed by atoms with Crippen LogP contribution in [0.25, 0.3) is 17.3 Å².